The highest BCUT2D eigenvalue weighted by Gasteiger charge is 2.07. The Bertz CT molecular complexity index is 485. The van der Waals surface area contributed by atoms with Crippen LogP contribution in [0.15, 0.2) is 48.5 Å². The van der Waals surface area contributed by atoms with Gasteiger partial charge in [-0.3, -0.25) is 4.57 Å². The van der Waals surface area contributed by atoms with E-state index in [0.717, 1.165) is 21.7 Å². The van der Waals surface area contributed by atoms with E-state index in [9.17, 15) is 4.57 Å². The summed E-state index contributed by atoms with van der Waals surface area (Å²) in [5, 5.41) is 1.64. The van der Waals surface area contributed by atoms with Crippen molar-refractivity contribution in [1.29, 1.82) is 0 Å². The third-order valence-electron chi connectivity index (χ3n) is 2.81. The fourth-order valence-corrected chi connectivity index (χ4v) is 2.82. The van der Waals surface area contributed by atoms with Crippen molar-refractivity contribution in [2.24, 2.45) is 11.5 Å². The topological polar surface area (TPSA) is 69.1 Å². The molecule has 0 atom stereocenters. The first-order valence-corrected chi connectivity index (χ1v) is 7.06. The first-order chi connectivity index (χ1) is 8.74. The molecule has 3 nitrogen and oxygen atoms in total. The lowest BCUT2D eigenvalue weighted by molar-refractivity contribution is 0.598. The molecule has 0 amide bonds. The van der Waals surface area contributed by atoms with E-state index in [1.54, 1.807) is 0 Å². The predicted octanol–water partition coefficient (Wildman–Crippen LogP) is 1.38. The van der Waals surface area contributed by atoms with E-state index in [2.05, 4.69) is 0 Å². The summed E-state index contributed by atoms with van der Waals surface area (Å²) in [6.45, 7) is 1.00. The van der Waals surface area contributed by atoms with Gasteiger partial charge in [0.25, 0.3) is 0 Å². The Labute approximate surface area is 108 Å². The number of rotatable bonds is 4. The highest BCUT2D eigenvalue weighted by Crippen LogP contribution is 2.19. The Hall–Kier alpha value is -1.54. The molecule has 0 heterocycles. The van der Waals surface area contributed by atoms with Crippen molar-refractivity contribution in [3.05, 3.63) is 59.7 Å². The summed E-state index contributed by atoms with van der Waals surface area (Å²) in [5.74, 6) is 0. The van der Waals surface area contributed by atoms with Gasteiger partial charge >= 0.3 is 0 Å². The molecule has 18 heavy (non-hydrogen) atoms. The molecule has 0 saturated carbocycles. The van der Waals surface area contributed by atoms with Crippen LogP contribution >= 0.6 is 7.80 Å². The molecule has 93 valence electrons. The largest absolute Gasteiger partial charge is 0.326 e. The average Bonchev–Trinajstić information content (AvgIpc) is 2.47. The number of hydrogen-bond acceptors (Lipinski definition) is 3. The van der Waals surface area contributed by atoms with Gasteiger partial charge < -0.3 is 11.5 Å². The van der Waals surface area contributed by atoms with E-state index < -0.39 is 7.80 Å². The molecule has 0 aromatic heterocycles. The Morgan fingerprint density at radius 1 is 0.722 bits per heavy atom. The molecule has 0 aliphatic heterocycles. The molecule has 0 aliphatic carbocycles. The molecule has 0 fully saturated rings. The molecular formula is C14H16N2OP. The normalized spacial score (nSPS) is 10.3. The highest BCUT2D eigenvalue weighted by molar-refractivity contribution is 7.61. The van der Waals surface area contributed by atoms with Crippen molar-refractivity contribution in [2.45, 2.75) is 13.1 Å². The van der Waals surface area contributed by atoms with Gasteiger partial charge in [-0.1, -0.05) is 24.3 Å². The van der Waals surface area contributed by atoms with Gasteiger partial charge in [0.2, 0.25) is 0 Å². The van der Waals surface area contributed by atoms with Crippen LogP contribution < -0.4 is 22.1 Å². The maximum absolute atomic E-state index is 12.3. The van der Waals surface area contributed by atoms with Crippen molar-refractivity contribution in [3.8, 4) is 0 Å². The zero-order valence-electron chi connectivity index (χ0n) is 10.0. The van der Waals surface area contributed by atoms with E-state index >= 15 is 0 Å². The molecule has 4 heteroatoms. The summed E-state index contributed by atoms with van der Waals surface area (Å²) >= 11 is 0. The van der Waals surface area contributed by atoms with Gasteiger partial charge in [0.1, 0.15) is 7.80 Å². The van der Waals surface area contributed by atoms with Crippen LogP contribution in [0.1, 0.15) is 11.1 Å². The quantitative estimate of drug-likeness (QED) is 0.815. The van der Waals surface area contributed by atoms with Gasteiger partial charge in [0.05, 0.1) is 0 Å². The molecule has 1 radical (unpaired) electrons. The van der Waals surface area contributed by atoms with E-state index in [1.807, 2.05) is 48.5 Å². The van der Waals surface area contributed by atoms with Gasteiger partial charge in [-0.15, -0.1) is 0 Å². The van der Waals surface area contributed by atoms with Crippen LogP contribution in [0.4, 0.5) is 0 Å². The van der Waals surface area contributed by atoms with Crippen molar-refractivity contribution >= 4 is 18.4 Å². The van der Waals surface area contributed by atoms with Crippen molar-refractivity contribution in [2.75, 3.05) is 0 Å². The van der Waals surface area contributed by atoms with Gasteiger partial charge in [-0.2, -0.15) is 0 Å². The van der Waals surface area contributed by atoms with Crippen LogP contribution in [0.25, 0.3) is 0 Å². The van der Waals surface area contributed by atoms with Crippen LogP contribution in [0.3, 0.4) is 0 Å². The minimum Gasteiger partial charge on any atom is -0.326 e. The van der Waals surface area contributed by atoms with Crippen LogP contribution in [0.5, 0.6) is 0 Å². The van der Waals surface area contributed by atoms with Gasteiger partial charge in [0, 0.05) is 23.7 Å². The first-order valence-electron chi connectivity index (χ1n) is 5.80. The molecule has 0 aliphatic rings. The highest BCUT2D eigenvalue weighted by atomic mass is 31.1. The molecule has 0 bridgehead atoms. The first kappa shape index (κ1) is 12.9. The molecule has 2 aromatic rings. The van der Waals surface area contributed by atoms with Crippen LogP contribution in [-0.4, -0.2) is 0 Å². The monoisotopic (exact) mass is 259 g/mol. The number of benzene rings is 2. The maximum Gasteiger partial charge on any atom is 0.136 e. The second-order valence-corrected chi connectivity index (χ2v) is 5.66. The molecule has 4 N–H and O–H groups in total. The summed E-state index contributed by atoms with van der Waals surface area (Å²) < 4.78 is 12.3. The minimum absolute atomic E-state index is 0.502. The summed E-state index contributed by atoms with van der Waals surface area (Å²) in [5.41, 5.74) is 13.2. The Balaban J connectivity index is 2.23. The lowest BCUT2D eigenvalue weighted by Crippen LogP contribution is -2.08. The Morgan fingerprint density at radius 3 is 1.33 bits per heavy atom. The van der Waals surface area contributed by atoms with E-state index in [-0.39, 0.29) is 0 Å². The van der Waals surface area contributed by atoms with Crippen LogP contribution in [-0.2, 0) is 17.7 Å². The zero-order valence-corrected chi connectivity index (χ0v) is 10.9. The summed E-state index contributed by atoms with van der Waals surface area (Å²) in [4.78, 5) is 0. The molecular weight excluding hydrogens is 243 g/mol. The van der Waals surface area contributed by atoms with E-state index in [1.165, 1.54) is 0 Å². The smallest absolute Gasteiger partial charge is 0.136 e. The average molecular weight is 259 g/mol. The predicted molar refractivity (Wildman–Crippen MR) is 75.5 cm³/mol. The number of nitrogens with two attached hydrogens (primary N) is 2. The van der Waals surface area contributed by atoms with Gasteiger partial charge in [-0.25, -0.2) is 0 Å². The maximum atomic E-state index is 12.3. The molecule has 0 spiro atoms. The van der Waals surface area contributed by atoms with E-state index in [0.29, 0.717) is 13.1 Å². The van der Waals surface area contributed by atoms with Gasteiger partial charge in [-0.05, 0) is 35.4 Å². The van der Waals surface area contributed by atoms with E-state index in [4.69, 9.17) is 11.5 Å². The molecule has 0 unspecified atom stereocenters. The Morgan fingerprint density at radius 2 is 1.06 bits per heavy atom. The minimum atomic E-state index is -1.54. The summed E-state index contributed by atoms with van der Waals surface area (Å²) in [6.07, 6.45) is 0. The van der Waals surface area contributed by atoms with Gasteiger partial charge in [0.15, 0.2) is 0 Å². The third kappa shape index (κ3) is 2.82. The second-order valence-electron chi connectivity index (χ2n) is 4.04. The SMILES string of the molecule is NCc1ccc([P](=O)c2ccc(CN)cc2)cc1. The summed E-state index contributed by atoms with van der Waals surface area (Å²) in [6, 6.07) is 15.1. The number of hydrogen-bond donors (Lipinski definition) is 2. The lowest BCUT2D eigenvalue weighted by atomic mass is 10.2. The van der Waals surface area contributed by atoms with Crippen molar-refractivity contribution in [1.82, 2.24) is 0 Å². The van der Waals surface area contributed by atoms with Crippen molar-refractivity contribution < 1.29 is 4.57 Å². The van der Waals surface area contributed by atoms with Crippen LogP contribution in [0.2, 0.25) is 0 Å². The standard InChI is InChI=1S/C14H16N2OP/c15-9-11-1-5-13(6-2-11)18(17)14-7-3-12(10-16)4-8-14/h1-8H,9-10,15-16H2. The molecule has 2 aromatic carbocycles. The third-order valence-corrected chi connectivity index (χ3v) is 4.35. The fraction of sp³-hybridized carbons (Fsp3) is 0.143. The molecule has 2 rings (SSSR count). The molecule has 0 saturated heterocycles. The Kier molecular flexibility index (Phi) is 4.21. The zero-order chi connectivity index (χ0) is 13.0. The van der Waals surface area contributed by atoms with Crippen molar-refractivity contribution in [3.63, 3.8) is 0 Å². The van der Waals surface area contributed by atoms with Crippen LogP contribution in [0, 0.1) is 0 Å². The lowest BCUT2D eigenvalue weighted by Gasteiger charge is -2.04. The fourth-order valence-electron chi connectivity index (χ4n) is 1.68. The second kappa shape index (κ2) is 5.87. The summed E-state index contributed by atoms with van der Waals surface area (Å²) in [7, 11) is -1.54.